The third-order valence-corrected chi connectivity index (χ3v) is 7.25. The Balaban J connectivity index is 1.60. The minimum atomic E-state index is -0.187. The lowest BCUT2D eigenvalue weighted by atomic mass is 9.74. The molecule has 4 unspecified atom stereocenters. The van der Waals surface area contributed by atoms with Gasteiger partial charge in [0.05, 0.1) is 0 Å². The maximum Gasteiger partial charge on any atom is 0.123 e. The average molecular weight is 320 g/mol. The minimum absolute atomic E-state index is 0.181. The van der Waals surface area contributed by atoms with Gasteiger partial charge in [-0.2, -0.15) is 0 Å². The summed E-state index contributed by atoms with van der Waals surface area (Å²) in [5, 5.41) is 0. The van der Waals surface area contributed by atoms with Gasteiger partial charge in [-0.25, -0.2) is 8.78 Å². The van der Waals surface area contributed by atoms with Crippen molar-refractivity contribution in [3.05, 3.63) is 71.3 Å². The molecule has 4 atom stereocenters. The van der Waals surface area contributed by atoms with Crippen LogP contribution < -0.4 is 0 Å². The van der Waals surface area contributed by atoms with Crippen molar-refractivity contribution in [2.24, 2.45) is 23.7 Å². The van der Waals surface area contributed by atoms with Gasteiger partial charge in [0.1, 0.15) is 11.6 Å². The molecule has 6 rings (SSSR count). The molecule has 0 N–H and O–H groups in total. The predicted octanol–water partition coefficient (Wildman–Crippen LogP) is 5.46. The molecular weight excluding hydrogens is 302 g/mol. The lowest BCUT2D eigenvalue weighted by molar-refractivity contribution is 0.364. The third kappa shape index (κ3) is 1.44. The Kier molecular flexibility index (Phi) is 2.32. The van der Waals surface area contributed by atoms with Gasteiger partial charge in [-0.15, -0.1) is 0 Å². The number of allylic oxidation sites excluding steroid dienone is 2. The van der Waals surface area contributed by atoms with Gasteiger partial charge in [-0.05, 0) is 89.5 Å². The number of fused-ring (bicyclic) bond motifs is 10. The number of halogens is 2. The van der Waals surface area contributed by atoms with Gasteiger partial charge in [0, 0.05) is 5.41 Å². The van der Waals surface area contributed by atoms with Gasteiger partial charge in [-0.1, -0.05) is 24.3 Å². The van der Waals surface area contributed by atoms with Gasteiger partial charge in [0.2, 0.25) is 0 Å². The molecule has 0 saturated heterocycles. The Morgan fingerprint density at radius 2 is 1.25 bits per heavy atom. The molecule has 2 bridgehead atoms. The normalized spacial score (nSPS) is 33.1. The van der Waals surface area contributed by atoms with Crippen LogP contribution in [-0.4, -0.2) is 0 Å². The molecule has 0 aromatic heterocycles. The van der Waals surface area contributed by atoms with Crippen molar-refractivity contribution in [1.82, 2.24) is 0 Å². The Bertz CT molecular complexity index is 837. The van der Waals surface area contributed by atoms with Crippen LogP contribution in [0.15, 0.2) is 48.6 Å². The molecule has 0 aliphatic heterocycles. The van der Waals surface area contributed by atoms with E-state index in [2.05, 4.69) is 12.2 Å². The molecule has 4 aliphatic carbocycles. The van der Waals surface area contributed by atoms with E-state index in [4.69, 9.17) is 0 Å². The summed E-state index contributed by atoms with van der Waals surface area (Å²) in [4.78, 5) is 0. The van der Waals surface area contributed by atoms with Crippen molar-refractivity contribution in [3.8, 4) is 11.1 Å². The fraction of sp³-hybridized carbons (Fsp3) is 0.364. The van der Waals surface area contributed by atoms with Crippen LogP contribution in [0.2, 0.25) is 0 Å². The van der Waals surface area contributed by atoms with Crippen molar-refractivity contribution < 1.29 is 8.78 Å². The fourth-order valence-corrected chi connectivity index (χ4v) is 6.40. The van der Waals surface area contributed by atoms with Gasteiger partial charge < -0.3 is 0 Å². The topological polar surface area (TPSA) is 0 Å². The number of rotatable bonds is 0. The quantitative estimate of drug-likeness (QED) is 0.565. The van der Waals surface area contributed by atoms with E-state index in [1.165, 1.54) is 18.6 Å². The fourth-order valence-electron chi connectivity index (χ4n) is 6.40. The van der Waals surface area contributed by atoms with Crippen LogP contribution in [0.1, 0.15) is 30.4 Å². The van der Waals surface area contributed by atoms with Crippen molar-refractivity contribution in [3.63, 3.8) is 0 Å². The summed E-state index contributed by atoms with van der Waals surface area (Å²) < 4.78 is 28.1. The molecule has 2 saturated carbocycles. The van der Waals surface area contributed by atoms with E-state index in [1.54, 1.807) is 12.1 Å². The molecule has 4 aliphatic rings. The molecule has 0 radical (unpaired) electrons. The van der Waals surface area contributed by atoms with E-state index in [0.717, 1.165) is 35.1 Å². The first-order chi connectivity index (χ1) is 11.7. The molecule has 0 nitrogen and oxygen atoms in total. The molecule has 0 heterocycles. The van der Waals surface area contributed by atoms with Crippen LogP contribution in [-0.2, 0) is 5.41 Å². The number of benzene rings is 2. The summed E-state index contributed by atoms with van der Waals surface area (Å²) in [6.07, 6.45) is 8.14. The first-order valence-corrected chi connectivity index (χ1v) is 8.94. The highest BCUT2D eigenvalue weighted by molar-refractivity contribution is 5.81. The number of hydrogen-bond donors (Lipinski definition) is 0. The first kappa shape index (κ1) is 13.3. The molecule has 120 valence electrons. The highest BCUT2D eigenvalue weighted by Crippen LogP contribution is 2.66. The lowest BCUT2D eigenvalue weighted by Gasteiger charge is -2.29. The standard InChI is InChI=1S/C22H18F2/c23-14-3-5-16-17-6-4-15(24)9-21(17)22(20(16)8-14)10-18-12-1-2-13(7-12)19(18)11-22/h1-6,8-9,12-13,18-19H,7,10-11H2. The van der Waals surface area contributed by atoms with Gasteiger partial charge in [0.25, 0.3) is 0 Å². The van der Waals surface area contributed by atoms with Crippen LogP contribution in [0.5, 0.6) is 0 Å². The highest BCUT2D eigenvalue weighted by atomic mass is 19.1. The zero-order valence-electron chi connectivity index (χ0n) is 13.3. The lowest BCUT2D eigenvalue weighted by Crippen LogP contribution is -2.23. The Hall–Kier alpha value is -1.96. The summed E-state index contributed by atoms with van der Waals surface area (Å²) in [6, 6.07) is 10.3. The van der Waals surface area contributed by atoms with Gasteiger partial charge in [-0.3, -0.25) is 0 Å². The van der Waals surface area contributed by atoms with Gasteiger partial charge in [0.15, 0.2) is 0 Å². The summed E-state index contributed by atoms with van der Waals surface area (Å²) in [7, 11) is 0. The van der Waals surface area contributed by atoms with Crippen molar-refractivity contribution in [2.75, 3.05) is 0 Å². The Morgan fingerprint density at radius 1 is 0.750 bits per heavy atom. The smallest absolute Gasteiger partial charge is 0.123 e. The maximum absolute atomic E-state index is 14.1. The molecule has 2 heteroatoms. The van der Waals surface area contributed by atoms with Crippen LogP contribution in [0.4, 0.5) is 8.78 Å². The van der Waals surface area contributed by atoms with Crippen molar-refractivity contribution in [1.29, 1.82) is 0 Å². The predicted molar refractivity (Wildman–Crippen MR) is 89.5 cm³/mol. The van der Waals surface area contributed by atoms with Crippen molar-refractivity contribution >= 4 is 0 Å². The second kappa shape index (κ2) is 4.17. The minimum Gasteiger partial charge on any atom is -0.207 e. The maximum atomic E-state index is 14.1. The second-order valence-electron chi connectivity index (χ2n) is 8.15. The van der Waals surface area contributed by atoms with E-state index < -0.39 is 0 Å². The zero-order valence-corrected chi connectivity index (χ0v) is 13.3. The molecule has 1 spiro atoms. The van der Waals surface area contributed by atoms with Crippen molar-refractivity contribution in [2.45, 2.75) is 24.7 Å². The third-order valence-electron chi connectivity index (χ3n) is 7.25. The highest BCUT2D eigenvalue weighted by Gasteiger charge is 2.58. The summed E-state index contributed by atoms with van der Waals surface area (Å²) >= 11 is 0. The van der Waals surface area contributed by atoms with Crippen LogP contribution in [0.3, 0.4) is 0 Å². The average Bonchev–Trinajstić information content (AvgIpc) is 3.30. The Morgan fingerprint density at radius 3 is 1.75 bits per heavy atom. The van der Waals surface area contributed by atoms with Gasteiger partial charge >= 0.3 is 0 Å². The van der Waals surface area contributed by atoms with E-state index in [0.29, 0.717) is 23.7 Å². The summed E-state index contributed by atoms with van der Waals surface area (Å²) in [5.41, 5.74) is 4.21. The molecule has 2 aromatic rings. The largest absolute Gasteiger partial charge is 0.207 e. The van der Waals surface area contributed by atoms with Crippen LogP contribution in [0, 0.1) is 35.3 Å². The van der Waals surface area contributed by atoms with E-state index in [9.17, 15) is 8.78 Å². The van der Waals surface area contributed by atoms with E-state index in [-0.39, 0.29) is 17.0 Å². The molecule has 24 heavy (non-hydrogen) atoms. The van der Waals surface area contributed by atoms with Crippen LogP contribution >= 0.6 is 0 Å². The SMILES string of the molecule is Fc1ccc2c(c1)C1(CC3C4C=CC(C4)C3C1)c1cc(F)ccc1-2. The molecule has 2 aromatic carbocycles. The molecule has 2 fully saturated rings. The van der Waals surface area contributed by atoms with E-state index in [1.807, 2.05) is 12.1 Å². The summed E-state index contributed by atoms with van der Waals surface area (Å²) in [5.74, 6) is 2.33. The second-order valence-corrected chi connectivity index (χ2v) is 8.15. The van der Waals surface area contributed by atoms with E-state index >= 15 is 0 Å². The Labute approximate surface area is 140 Å². The first-order valence-electron chi connectivity index (χ1n) is 8.94. The molecule has 0 amide bonds. The zero-order chi connectivity index (χ0) is 16.1. The monoisotopic (exact) mass is 320 g/mol. The van der Waals surface area contributed by atoms with Crippen LogP contribution in [0.25, 0.3) is 11.1 Å². The summed E-state index contributed by atoms with van der Waals surface area (Å²) in [6.45, 7) is 0. The molecular formula is C22H18F2. The number of hydrogen-bond acceptors (Lipinski definition) is 0.